The van der Waals surface area contributed by atoms with Crippen molar-refractivity contribution in [3.8, 4) is 11.4 Å². The molecule has 25 heavy (non-hydrogen) atoms. The van der Waals surface area contributed by atoms with E-state index in [2.05, 4.69) is 6.58 Å². The molecule has 1 atom stereocenters. The van der Waals surface area contributed by atoms with Crippen LogP contribution in [-0.4, -0.2) is 47.5 Å². The van der Waals surface area contributed by atoms with Crippen LogP contribution < -0.4 is 4.74 Å². The summed E-state index contributed by atoms with van der Waals surface area (Å²) in [6.07, 6.45) is 1.36. The zero-order chi connectivity index (χ0) is 18.0. The van der Waals surface area contributed by atoms with E-state index in [0.29, 0.717) is 19.8 Å². The van der Waals surface area contributed by atoms with Gasteiger partial charge in [-0.3, -0.25) is 4.79 Å². The first kappa shape index (κ1) is 17.2. The number of methoxy groups -OCH3 is 1. The first-order chi connectivity index (χ1) is 12.1. The third-order valence-corrected chi connectivity index (χ3v) is 4.56. The van der Waals surface area contributed by atoms with Crippen LogP contribution in [0.2, 0.25) is 0 Å². The quantitative estimate of drug-likeness (QED) is 0.802. The fourth-order valence-electron chi connectivity index (χ4n) is 3.35. The lowest BCUT2D eigenvalue weighted by Gasteiger charge is -2.35. The summed E-state index contributed by atoms with van der Waals surface area (Å²) in [7, 11) is 1.64. The van der Waals surface area contributed by atoms with Crippen molar-refractivity contribution >= 4 is 5.91 Å². The Bertz CT molecular complexity index is 797. The second-order valence-corrected chi connectivity index (χ2v) is 6.02. The predicted octanol–water partition coefficient (Wildman–Crippen LogP) is 2.58. The smallest absolute Gasteiger partial charge is 0.246 e. The van der Waals surface area contributed by atoms with Crippen LogP contribution in [-0.2, 0) is 9.53 Å². The fraction of sp³-hybridized carbons (Fsp3) is 0.368. The second-order valence-electron chi connectivity index (χ2n) is 6.02. The van der Waals surface area contributed by atoms with E-state index >= 15 is 0 Å². The summed E-state index contributed by atoms with van der Waals surface area (Å²) in [6, 6.07) is 7.60. The van der Waals surface area contributed by atoms with Crippen molar-refractivity contribution < 1.29 is 14.3 Å². The number of rotatable bonds is 4. The molecule has 132 valence electrons. The lowest BCUT2D eigenvalue weighted by molar-refractivity contribution is -0.134. The van der Waals surface area contributed by atoms with Gasteiger partial charge in [-0.1, -0.05) is 12.6 Å². The Morgan fingerprint density at radius 3 is 2.96 bits per heavy atom. The van der Waals surface area contributed by atoms with Crippen molar-refractivity contribution in [3.63, 3.8) is 0 Å². The number of ether oxygens (including phenoxy) is 2. The van der Waals surface area contributed by atoms with Crippen LogP contribution in [0.5, 0.6) is 5.75 Å². The lowest BCUT2D eigenvalue weighted by Crippen LogP contribution is -2.43. The van der Waals surface area contributed by atoms with Crippen molar-refractivity contribution in [2.75, 3.05) is 26.9 Å². The molecule has 1 aromatic carbocycles. The molecule has 0 bridgehead atoms. The molecule has 1 aromatic heterocycles. The summed E-state index contributed by atoms with van der Waals surface area (Å²) in [5.41, 5.74) is 3.82. The Hall–Kier alpha value is -2.60. The molecule has 1 aliphatic rings. The van der Waals surface area contributed by atoms with E-state index in [1.54, 1.807) is 7.11 Å². The molecule has 2 heterocycles. The molecule has 0 N–H and O–H groups in total. The maximum atomic E-state index is 12.2. The molecule has 0 unspecified atom stereocenters. The maximum absolute atomic E-state index is 12.2. The topological polar surface area (TPSA) is 56.6 Å². The van der Waals surface area contributed by atoms with Crippen LogP contribution in [0.1, 0.15) is 23.0 Å². The molecule has 1 amide bonds. The van der Waals surface area contributed by atoms with Crippen LogP contribution in [0.3, 0.4) is 0 Å². The highest BCUT2D eigenvalue weighted by molar-refractivity contribution is 5.87. The molecule has 1 fully saturated rings. The minimum Gasteiger partial charge on any atom is -0.497 e. The molecule has 3 rings (SSSR count). The Kier molecular flexibility index (Phi) is 4.90. The largest absolute Gasteiger partial charge is 0.497 e. The van der Waals surface area contributed by atoms with Gasteiger partial charge in [0.15, 0.2) is 0 Å². The van der Waals surface area contributed by atoms with Crippen LogP contribution >= 0.6 is 0 Å². The second kappa shape index (κ2) is 7.11. The van der Waals surface area contributed by atoms with Crippen molar-refractivity contribution in [3.05, 3.63) is 53.9 Å². The molecule has 6 heteroatoms. The Balaban J connectivity index is 2.04. The molecule has 0 spiro atoms. The SMILES string of the molecule is C=CC(=O)N1CCOC[C@@H]1c1c(C)nn(-c2cccc(OC)c2)c1C. The monoisotopic (exact) mass is 341 g/mol. The van der Waals surface area contributed by atoms with Crippen LogP contribution in [0, 0.1) is 13.8 Å². The number of aromatic nitrogens is 2. The first-order valence-electron chi connectivity index (χ1n) is 8.28. The van der Waals surface area contributed by atoms with Crippen LogP contribution in [0.25, 0.3) is 5.69 Å². The van der Waals surface area contributed by atoms with Crippen molar-refractivity contribution in [2.24, 2.45) is 0 Å². The van der Waals surface area contributed by atoms with Gasteiger partial charge < -0.3 is 14.4 Å². The van der Waals surface area contributed by atoms with Gasteiger partial charge in [-0.15, -0.1) is 0 Å². The molecule has 2 aromatic rings. The highest BCUT2D eigenvalue weighted by atomic mass is 16.5. The number of aryl methyl sites for hydroxylation is 1. The number of carbonyl (C=O) groups excluding carboxylic acids is 1. The number of morpholine rings is 1. The molecular formula is C19H23N3O3. The third-order valence-electron chi connectivity index (χ3n) is 4.56. The summed E-state index contributed by atoms with van der Waals surface area (Å²) < 4.78 is 12.8. The van der Waals surface area contributed by atoms with Gasteiger partial charge in [-0.25, -0.2) is 4.68 Å². The van der Waals surface area contributed by atoms with E-state index in [4.69, 9.17) is 14.6 Å². The van der Waals surface area contributed by atoms with Gasteiger partial charge >= 0.3 is 0 Å². The first-order valence-corrected chi connectivity index (χ1v) is 8.28. The van der Waals surface area contributed by atoms with Gasteiger partial charge in [0.25, 0.3) is 0 Å². The Morgan fingerprint density at radius 2 is 2.24 bits per heavy atom. The number of amides is 1. The molecule has 0 radical (unpaired) electrons. The van der Waals surface area contributed by atoms with E-state index in [1.807, 2.05) is 47.7 Å². The number of hydrogen-bond donors (Lipinski definition) is 0. The van der Waals surface area contributed by atoms with Gasteiger partial charge in [-0.2, -0.15) is 5.10 Å². The highest BCUT2D eigenvalue weighted by Crippen LogP contribution is 2.31. The molecule has 0 aliphatic carbocycles. The summed E-state index contributed by atoms with van der Waals surface area (Å²) in [5.74, 6) is 0.692. The van der Waals surface area contributed by atoms with Gasteiger partial charge in [-0.05, 0) is 32.1 Å². The number of nitrogens with zero attached hydrogens (tertiary/aromatic N) is 3. The van der Waals surface area contributed by atoms with Crippen molar-refractivity contribution in [1.29, 1.82) is 0 Å². The van der Waals surface area contributed by atoms with E-state index in [1.165, 1.54) is 6.08 Å². The number of benzene rings is 1. The van der Waals surface area contributed by atoms with E-state index in [0.717, 1.165) is 28.4 Å². The van der Waals surface area contributed by atoms with Gasteiger partial charge in [0.05, 0.1) is 37.7 Å². The summed E-state index contributed by atoms with van der Waals surface area (Å²) >= 11 is 0. The van der Waals surface area contributed by atoms with Crippen molar-refractivity contribution in [2.45, 2.75) is 19.9 Å². The Labute approximate surface area is 147 Å². The van der Waals surface area contributed by atoms with Crippen LogP contribution in [0.15, 0.2) is 36.9 Å². The van der Waals surface area contributed by atoms with Gasteiger partial charge in [0.1, 0.15) is 5.75 Å². The fourth-order valence-corrected chi connectivity index (χ4v) is 3.35. The normalized spacial score (nSPS) is 17.4. The van der Waals surface area contributed by atoms with Crippen LogP contribution in [0.4, 0.5) is 0 Å². The van der Waals surface area contributed by atoms with E-state index in [-0.39, 0.29) is 11.9 Å². The average Bonchev–Trinajstić information content (AvgIpc) is 2.95. The molecular weight excluding hydrogens is 318 g/mol. The zero-order valence-corrected chi connectivity index (χ0v) is 14.9. The number of hydrogen-bond acceptors (Lipinski definition) is 4. The standard InChI is InChI=1S/C19H23N3O3/c1-5-18(23)21-9-10-25-12-17(21)19-13(2)20-22(14(19)3)15-7-6-8-16(11-15)24-4/h5-8,11,17H,1,9-10,12H2,2-4H3/t17-/m1/s1. The maximum Gasteiger partial charge on any atom is 0.246 e. The number of carbonyl (C=O) groups is 1. The highest BCUT2D eigenvalue weighted by Gasteiger charge is 2.31. The van der Waals surface area contributed by atoms with Crippen molar-refractivity contribution in [1.82, 2.24) is 14.7 Å². The molecule has 6 nitrogen and oxygen atoms in total. The average molecular weight is 341 g/mol. The zero-order valence-electron chi connectivity index (χ0n) is 14.9. The molecule has 0 saturated carbocycles. The lowest BCUT2D eigenvalue weighted by atomic mass is 10.0. The predicted molar refractivity (Wildman–Crippen MR) is 95.1 cm³/mol. The summed E-state index contributed by atoms with van der Waals surface area (Å²) in [4.78, 5) is 14.1. The van der Waals surface area contributed by atoms with E-state index in [9.17, 15) is 4.79 Å². The summed E-state index contributed by atoms with van der Waals surface area (Å²) in [5, 5.41) is 4.69. The molecule has 1 aliphatic heterocycles. The van der Waals surface area contributed by atoms with E-state index < -0.39 is 0 Å². The Morgan fingerprint density at radius 1 is 1.44 bits per heavy atom. The minimum atomic E-state index is -0.154. The third kappa shape index (κ3) is 3.17. The van der Waals surface area contributed by atoms with Gasteiger partial charge in [0, 0.05) is 23.9 Å². The summed E-state index contributed by atoms with van der Waals surface area (Å²) in [6.45, 7) is 9.15. The van der Waals surface area contributed by atoms with Gasteiger partial charge in [0.2, 0.25) is 5.91 Å². The molecule has 1 saturated heterocycles. The minimum absolute atomic E-state index is 0.0822.